The Morgan fingerprint density at radius 2 is 0.783 bits per heavy atom. The molecule has 0 radical (unpaired) electrons. The predicted molar refractivity (Wildman–Crippen MR) is 75.1 cm³/mol. The van der Waals surface area contributed by atoms with E-state index in [9.17, 15) is 9.59 Å². The minimum atomic E-state index is -1.65. The van der Waals surface area contributed by atoms with Crippen molar-refractivity contribution in [3.8, 4) is 0 Å². The molecule has 10 N–H and O–H groups in total. The molecule has 8 atom stereocenters. The number of hydrogen-bond donors (Lipinski definition) is 8. The first kappa shape index (κ1) is 26.9. The van der Waals surface area contributed by atoms with E-state index in [4.69, 9.17) is 40.9 Å². The zero-order valence-electron chi connectivity index (χ0n) is 12.7. The van der Waals surface area contributed by atoms with E-state index in [-0.39, 0.29) is 18.0 Å². The number of rotatable bonds is 8. The third-order valence-electron chi connectivity index (χ3n) is 2.67. The number of aliphatic hydroxyl groups is 8. The Hall–Kier alpha value is -1.02. The molecule has 0 aromatic carbocycles. The maximum atomic E-state index is 9.87. The van der Waals surface area contributed by atoms with Crippen molar-refractivity contribution >= 4 is 12.6 Å². The summed E-state index contributed by atoms with van der Waals surface area (Å²) in [7, 11) is 0. The van der Waals surface area contributed by atoms with E-state index in [1.807, 2.05) is 0 Å². The topological polar surface area (TPSA) is 227 Å². The van der Waals surface area contributed by atoms with Gasteiger partial charge in [0.15, 0.2) is 12.6 Å². The van der Waals surface area contributed by atoms with Gasteiger partial charge in [0, 0.05) is 0 Å². The molecule has 0 aromatic rings. The average molecular weight is 346 g/mol. The standard InChI is InChI=1S/2C6H12O5.H2O/c2*1-3(8)5(10)6(11)4(9)2-7;/h2*2-6,8-11H,1H3;1H2/t2*3-,4-,5-,6-;/m00./s1. The molecule has 0 spiro atoms. The second-order valence-electron chi connectivity index (χ2n) is 4.70. The van der Waals surface area contributed by atoms with Crippen molar-refractivity contribution in [2.45, 2.75) is 62.7 Å². The van der Waals surface area contributed by atoms with Crippen LogP contribution in [-0.4, -0.2) is 108 Å². The molecule has 0 saturated carbocycles. The molecule has 0 unspecified atom stereocenters. The molecule has 0 saturated heterocycles. The van der Waals surface area contributed by atoms with Crippen LogP contribution in [0.4, 0.5) is 0 Å². The molecule has 0 aliphatic rings. The first-order chi connectivity index (χ1) is 10.0. The van der Waals surface area contributed by atoms with Gasteiger partial charge in [0.25, 0.3) is 0 Å². The molecule has 23 heavy (non-hydrogen) atoms. The van der Waals surface area contributed by atoms with Crippen molar-refractivity contribution in [2.75, 3.05) is 0 Å². The minimum absolute atomic E-state index is 0. The summed E-state index contributed by atoms with van der Waals surface area (Å²) in [6.45, 7) is 2.48. The summed E-state index contributed by atoms with van der Waals surface area (Å²) in [6.07, 6.45) is -11.8. The van der Waals surface area contributed by atoms with Gasteiger partial charge in [-0.3, -0.25) is 0 Å². The molecule has 0 aliphatic heterocycles. The Kier molecular flexibility index (Phi) is 15.7. The fraction of sp³-hybridized carbons (Fsp3) is 0.833. The highest BCUT2D eigenvalue weighted by Crippen LogP contribution is 2.03. The summed E-state index contributed by atoms with van der Waals surface area (Å²) in [5, 5.41) is 70.2. The fourth-order valence-electron chi connectivity index (χ4n) is 1.14. The highest BCUT2D eigenvalue weighted by molar-refractivity contribution is 5.57. The summed E-state index contributed by atoms with van der Waals surface area (Å²) in [5.74, 6) is 0. The third kappa shape index (κ3) is 10.4. The molecular formula is C12H26O11. The summed E-state index contributed by atoms with van der Waals surface area (Å²) < 4.78 is 0. The lowest BCUT2D eigenvalue weighted by Gasteiger charge is -2.21. The second-order valence-corrected chi connectivity index (χ2v) is 4.70. The molecule has 0 aliphatic carbocycles. The van der Waals surface area contributed by atoms with E-state index in [0.29, 0.717) is 0 Å². The third-order valence-corrected chi connectivity index (χ3v) is 2.67. The Morgan fingerprint density at radius 3 is 0.913 bits per heavy atom. The van der Waals surface area contributed by atoms with E-state index >= 15 is 0 Å². The average Bonchev–Trinajstić information content (AvgIpc) is 2.50. The fourth-order valence-corrected chi connectivity index (χ4v) is 1.14. The first-order valence-electron chi connectivity index (χ1n) is 6.36. The van der Waals surface area contributed by atoms with Crippen LogP contribution in [0.15, 0.2) is 0 Å². The Balaban J connectivity index is -0.000000333. The maximum Gasteiger partial charge on any atom is 0.151 e. The molecule has 0 heterocycles. The smallest absolute Gasteiger partial charge is 0.151 e. The van der Waals surface area contributed by atoms with Gasteiger partial charge in [0.05, 0.1) is 12.2 Å². The van der Waals surface area contributed by atoms with Gasteiger partial charge in [0.1, 0.15) is 36.6 Å². The van der Waals surface area contributed by atoms with E-state index in [0.717, 1.165) is 0 Å². The molecule has 0 bridgehead atoms. The summed E-state index contributed by atoms with van der Waals surface area (Å²) in [6, 6.07) is 0. The van der Waals surface area contributed by atoms with E-state index in [2.05, 4.69) is 0 Å². The highest BCUT2D eigenvalue weighted by atomic mass is 16.4. The van der Waals surface area contributed by atoms with Crippen LogP contribution in [0.25, 0.3) is 0 Å². The van der Waals surface area contributed by atoms with Crippen LogP contribution in [0, 0.1) is 0 Å². The van der Waals surface area contributed by atoms with Crippen LogP contribution in [0.2, 0.25) is 0 Å². The Morgan fingerprint density at radius 1 is 0.565 bits per heavy atom. The van der Waals surface area contributed by atoms with Gasteiger partial charge in [-0.2, -0.15) is 0 Å². The lowest BCUT2D eigenvalue weighted by Crippen LogP contribution is -2.43. The number of carbonyl (C=O) groups excluding carboxylic acids is 2. The van der Waals surface area contributed by atoms with Gasteiger partial charge in [-0.25, -0.2) is 0 Å². The number of aldehydes is 2. The first-order valence-corrected chi connectivity index (χ1v) is 6.36. The lowest BCUT2D eigenvalue weighted by molar-refractivity contribution is -0.132. The van der Waals surface area contributed by atoms with Gasteiger partial charge in [-0.1, -0.05) is 0 Å². The molecule has 0 aromatic heterocycles. The highest BCUT2D eigenvalue weighted by Gasteiger charge is 2.28. The van der Waals surface area contributed by atoms with Crippen molar-refractivity contribution in [3.05, 3.63) is 0 Å². The number of hydrogen-bond acceptors (Lipinski definition) is 10. The van der Waals surface area contributed by atoms with Crippen molar-refractivity contribution in [3.63, 3.8) is 0 Å². The number of aliphatic hydroxyl groups excluding tert-OH is 8. The molecule has 0 amide bonds. The summed E-state index contributed by atoms with van der Waals surface area (Å²) in [5.41, 5.74) is 0. The quantitative estimate of drug-likeness (QED) is 0.194. The Bertz CT molecular complexity index is 279. The summed E-state index contributed by atoms with van der Waals surface area (Å²) in [4.78, 5) is 19.7. The van der Waals surface area contributed by atoms with E-state index in [1.54, 1.807) is 0 Å². The SMILES string of the molecule is C[C@H](O)[C@H](O)[C@@H](O)[C@@H](O)C=O.C[C@H](O)[C@H](O)[C@@H](O)[C@@H](O)C=O.O. The van der Waals surface area contributed by atoms with Gasteiger partial charge in [0.2, 0.25) is 0 Å². The van der Waals surface area contributed by atoms with E-state index in [1.165, 1.54) is 13.8 Å². The van der Waals surface area contributed by atoms with Gasteiger partial charge in [-0.05, 0) is 13.8 Å². The predicted octanol–water partition coefficient (Wildman–Crippen LogP) is -5.53. The second kappa shape index (κ2) is 13.4. The zero-order valence-corrected chi connectivity index (χ0v) is 12.7. The molecule has 0 fully saturated rings. The van der Waals surface area contributed by atoms with Crippen LogP contribution in [0.3, 0.4) is 0 Å². The Labute approximate surface area is 132 Å². The van der Waals surface area contributed by atoms with E-state index < -0.39 is 48.8 Å². The monoisotopic (exact) mass is 346 g/mol. The lowest BCUT2D eigenvalue weighted by atomic mass is 10.1. The van der Waals surface area contributed by atoms with Crippen molar-refractivity contribution in [1.29, 1.82) is 0 Å². The van der Waals surface area contributed by atoms with Gasteiger partial charge in [-0.15, -0.1) is 0 Å². The molecule has 11 heteroatoms. The van der Waals surface area contributed by atoms with Crippen LogP contribution < -0.4 is 0 Å². The normalized spacial score (nSPS) is 21.0. The van der Waals surface area contributed by atoms with Crippen LogP contribution in [0.5, 0.6) is 0 Å². The van der Waals surface area contributed by atoms with Crippen LogP contribution in [0.1, 0.15) is 13.8 Å². The summed E-state index contributed by atoms with van der Waals surface area (Å²) >= 11 is 0. The van der Waals surface area contributed by atoms with Crippen molar-refractivity contribution in [2.24, 2.45) is 0 Å². The molecule has 11 nitrogen and oxygen atoms in total. The molecular weight excluding hydrogens is 320 g/mol. The maximum absolute atomic E-state index is 9.87. The largest absolute Gasteiger partial charge is 0.412 e. The number of carbonyl (C=O) groups is 2. The van der Waals surface area contributed by atoms with Gasteiger partial charge >= 0.3 is 0 Å². The van der Waals surface area contributed by atoms with Crippen LogP contribution >= 0.6 is 0 Å². The van der Waals surface area contributed by atoms with Crippen molar-refractivity contribution in [1.82, 2.24) is 0 Å². The van der Waals surface area contributed by atoms with Gasteiger partial charge < -0.3 is 55.9 Å². The molecule has 140 valence electrons. The minimum Gasteiger partial charge on any atom is -0.412 e. The van der Waals surface area contributed by atoms with Crippen LogP contribution in [-0.2, 0) is 9.59 Å². The zero-order chi connectivity index (χ0) is 18.0. The van der Waals surface area contributed by atoms with Crippen molar-refractivity contribution < 1.29 is 55.9 Å². The molecule has 0 rings (SSSR count).